The van der Waals surface area contributed by atoms with Crippen molar-refractivity contribution in [2.75, 3.05) is 5.32 Å². The summed E-state index contributed by atoms with van der Waals surface area (Å²) in [4.78, 5) is 19.6. The van der Waals surface area contributed by atoms with E-state index >= 15 is 0 Å². The van der Waals surface area contributed by atoms with E-state index in [-0.39, 0.29) is 37.0 Å². The minimum absolute atomic E-state index is 0.0599. The van der Waals surface area contributed by atoms with Gasteiger partial charge in [-0.3, -0.25) is 10.1 Å². The van der Waals surface area contributed by atoms with E-state index in [0.29, 0.717) is 35.3 Å². The van der Waals surface area contributed by atoms with Gasteiger partial charge < -0.3 is 4.98 Å². The number of nitrogens with zero attached hydrogens (tertiary/aromatic N) is 4. The van der Waals surface area contributed by atoms with Gasteiger partial charge in [-0.2, -0.15) is 5.21 Å². The highest BCUT2D eigenvalue weighted by Gasteiger charge is 2.36. The van der Waals surface area contributed by atoms with Crippen molar-refractivity contribution in [3.63, 3.8) is 0 Å². The van der Waals surface area contributed by atoms with Gasteiger partial charge in [-0.25, -0.2) is 13.8 Å². The number of hydrogen-bond acceptors (Lipinski definition) is 5. The first-order valence-corrected chi connectivity index (χ1v) is 8.40. The molecule has 1 fully saturated rings. The van der Waals surface area contributed by atoms with Crippen LogP contribution in [0.2, 0.25) is 0 Å². The topological polar surface area (TPSA) is 112 Å². The predicted molar refractivity (Wildman–Crippen MR) is 89.4 cm³/mol. The van der Waals surface area contributed by atoms with Crippen molar-refractivity contribution in [3.05, 3.63) is 18.2 Å². The zero-order chi connectivity index (χ0) is 18.1. The Morgan fingerprint density at radius 3 is 3.04 bits per heavy atom. The van der Waals surface area contributed by atoms with E-state index in [0.717, 1.165) is 0 Å². The average molecular weight is 361 g/mol. The third-order valence-corrected chi connectivity index (χ3v) is 4.57. The summed E-state index contributed by atoms with van der Waals surface area (Å²) >= 11 is 0. The third-order valence-electron chi connectivity index (χ3n) is 4.57. The number of carbonyl (C=O) groups excluding carboxylic acids is 1. The van der Waals surface area contributed by atoms with Crippen molar-refractivity contribution in [2.24, 2.45) is 5.92 Å². The number of imidazole rings is 1. The maximum atomic E-state index is 13.5. The molecule has 0 aliphatic heterocycles. The molecular weight excluding hydrogens is 344 g/mol. The summed E-state index contributed by atoms with van der Waals surface area (Å²) in [7, 11) is 0. The molecule has 8 nitrogen and oxygen atoms in total. The van der Waals surface area contributed by atoms with Crippen LogP contribution in [0.15, 0.2) is 18.2 Å². The standard InChI is InChI=1S/C16H17F2N7O/c17-16(18)6-2-3-9(8-16)7-12(26)20-15-19-11-5-1-4-10(13(11)21-15)14-22-24-25-23-14/h1,4-5,9H,2-3,6-8H2,(H2,19,20,21,26)(H,22,23,24,25). The predicted octanol–water partition coefficient (Wildman–Crippen LogP) is 2.90. The molecule has 1 aliphatic rings. The van der Waals surface area contributed by atoms with Gasteiger partial charge in [-0.05, 0) is 36.1 Å². The van der Waals surface area contributed by atoms with E-state index in [9.17, 15) is 13.6 Å². The minimum Gasteiger partial charge on any atom is -0.324 e. The maximum Gasteiger partial charge on any atom is 0.248 e. The molecule has 1 amide bonds. The Kier molecular flexibility index (Phi) is 4.09. The van der Waals surface area contributed by atoms with Crippen LogP contribution in [0.25, 0.3) is 22.4 Å². The Bertz CT molecular complexity index is 922. The molecule has 2 heterocycles. The molecule has 1 aromatic carbocycles. The first kappa shape index (κ1) is 16.6. The van der Waals surface area contributed by atoms with Crippen LogP contribution in [-0.4, -0.2) is 42.4 Å². The van der Waals surface area contributed by atoms with Crippen molar-refractivity contribution in [1.29, 1.82) is 0 Å². The molecule has 1 saturated carbocycles. The number of hydrogen-bond donors (Lipinski definition) is 3. The number of alkyl halides is 2. The van der Waals surface area contributed by atoms with Crippen LogP contribution in [-0.2, 0) is 4.79 Å². The smallest absolute Gasteiger partial charge is 0.248 e. The molecule has 26 heavy (non-hydrogen) atoms. The van der Waals surface area contributed by atoms with Gasteiger partial charge in [0.15, 0.2) is 0 Å². The number of aromatic nitrogens is 6. The summed E-state index contributed by atoms with van der Waals surface area (Å²) in [5, 5.41) is 16.5. The number of carbonyl (C=O) groups is 1. The number of tetrazole rings is 1. The Morgan fingerprint density at radius 1 is 1.38 bits per heavy atom. The molecular formula is C16H17F2N7O. The van der Waals surface area contributed by atoms with Gasteiger partial charge in [0, 0.05) is 19.3 Å². The summed E-state index contributed by atoms with van der Waals surface area (Å²) in [5.41, 5.74) is 1.96. The number of aromatic amines is 2. The number of halogens is 2. The zero-order valence-corrected chi connectivity index (χ0v) is 13.8. The Labute approximate surface area is 146 Å². The van der Waals surface area contributed by atoms with Crippen LogP contribution in [0.1, 0.15) is 32.1 Å². The van der Waals surface area contributed by atoms with Crippen molar-refractivity contribution < 1.29 is 13.6 Å². The molecule has 2 aromatic heterocycles. The number of rotatable bonds is 4. The monoisotopic (exact) mass is 361 g/mol. The highest BCUT2D eigenvalue weighted by Crippen LogP contribution is 2.38. The molecule has 4 rings (SSSR count). The lowest BCUT2D eigenvalue weighted by molar-refractivity contribution is -0.118. The molecule has 10 heteroatoms. The number of fused-ring (bicyclic) bond motifs is 1. The maximum absolute atomic E-state index is 13.5. The van der Waals surface area contributed by atoms with Crippen molar-refractivity contribution in [3.8, 4) is 11.4 Å². The van der Waals surface area contributed by atoms with Crippen LogP contribution in [0.4, 0.5) is 14.7 Å². The number of nitrogens with one attached hydrogen (secondary N) is 3. The summed E-state index contributed by atoms with van der Waals surface area (Å²) in [6.45, 7) is 0. The fourth-order valence-electron chi connectivity index (χ4n) is 3.44. The number of H-pyrrole nitrogens is 2. The SMILES string of the molecule is O=C(CC1CCCC(F)(F)C1)Nc1nc2c(-c3nn[nH]n3)cccc2[nH]1. The second kappa shape index (κ2) is 6.43. The van der Waals surface area contributed by atoms with Crippen LogP contribution < -0.4 is 5.32 Å². The first-order valence-electron chi connectivity index (χ1n) is 8.40. The van der Waals surface area contributed by atoms with Gasteiger partial charge in [-0.15, -0.1) is 10.2 Å². The number of benzene rings is 1. The van der Waals surface area contributed by atoms with Gasteiger partial charge in [-0.1, -0.05) is 6.07 Å². The molecule has 1 atom stereocenters. The highest BCUT2D eigenvalue weighted by atomic mass is 19.3. The van der Waals surface area contributed by atoms with Gasteiger partial charge >= 0.3 is 0 Å². The molecule has 1 unspecified atom stereocenters. The lowest BCUT2D eigenvalue weighted by atomic mass is 9.84. The third kappa shape index (κ3) is 3.39. The molecule has 0 bridgehead atoms. The molecule has 3 aromatic rings. The summed E-state index contributed by atoms with van der Waals surface area (Å²) in [5.74, 6) is -2.64. The summed E-state index contributed by atoms with van der Waals surface area (Å²) < 4.78 is 27.0. The number of anilines is 1. The van der Waals surface area contributed by atoms with Gasteiger partial charge in [0.2, 0.25) is 23.6 Å². The van der Waals surface area contributed by atoms with Crippen LogP contribution >= 0.6 is 0 Å². The number of para-hydroxylation sites is 1. The van der Waals surface area contributed by atoms with Crippen LogP contribution in [0, 0.1) is 5.92 Å². The Hall–Kier alpha value is -2.91. The molecule has 3 N–H and O–H groups in total. The van der Waals surface area contributed by atoms with Gasteiger partial charge in [0.05, 0.1) is 11.1 Å². The second-order valence-electron chi connectivity index (χ2n) is 6.59. The fourth-order valence-corrected chi connectivity index (χ4v) is 3.44. The Morgan fingerprint density at radius 2 is 2.27 bits per heavy atom. The lowest BCUT2D eigenvalue weighted by Gasteiger charge is -2.28. The molecule has 0 saturated heterocycles. The normalized spacial score (nSPS) is 19.5. The highest BCUT2D eigenvalue weighted by molar-refractivity contribution is 5.95. The Balaban J connectivity index is 1.49. The quantitative estimate of drug-likeness (QED) is 0.661. The molecule has 1 aliphatic carbocycles. The van der Waals surface area contributed by atoms with E-state index in [2.05, 4.69) is 35.9 Å². The van der Waals surface area contributed by atoms with E-state index in [1.54, 1.807) is 6.07 Å². The summed E-state index contributed by atoms with van der Waals surface area (Å²) in [6.07, 6.45) is 0.829. The van der Waals surface area contributed by atoms with Crippen molar-refractivity contribution >= 4 is 22.9 Å². The molecule has 0 spiro atoms. The van der Waals surface area contributed by atoms with Gasteiger partial charge in [0.1, 0.15) is 5.52 Å². The summed E-state index contributed by atoms with van der Waals surface area (Å²) in [6, 6.07) is 5.41. The van der Waals surface area contributed by atoms with Crippen LogP contribution in [0.3, 0.4) is 0 Å². The van der Waals surface area contributed by atoms with Gasteiger partial charge in [0.25, 0.3) is 0 Å². The van der Waals surface area contributed by atoms with Crippen molar-refractivity contribution in [2.45, 2.75) is 38.0 Å². The van der Waals surface area contributed by atoms with Crippen molar-refractivity contribution in [1.82, 2.24) is 30.6 Å². The minimum atomic E-state index is -2.66. The fraction of sp³-hybridized carbons (Fsp3) is 0.438. The van der Waals surface area contributed by atoms with E-state index < -0.39 is 5.92 Å². The van der Waals surface area contributed by atoms with E-state index in [1.807, 2.05) is 12.1 Å². The zero-order valence-electron chi connectivity index (χ0n) is 13.8. The largest absolute Gasteiger partial charge is 0.324 e. The van der Waals surface area contributed by atoms with E-state index in [4.69, 9.17) is 0 Å². The number of amides is 1. The van der Waals surface area contributed by atoms with E-state index in [1.165, 1.54) is 0 Å². The van der Waals surface area contributed by atoms with Crippen LogP contribution in [0.5, 0.6) is 0 Å². The molecule has 136 valence electrons. The average Bonchev–Trinajstić information content (AvgIpc) is 3.22. The molecule has 0 radical (unpaired) electrons. The first-order chi connectivity index (χ1) is 12.5. The lowest BCUT2D eigenvalue weighted by Crippen LogP contribution is -2.28. The second-order valence-corrected chi connectivity index (χ2v) is 6.59.